The van der Waals surface area contributed by atoms with Crippen LogP contribution in [-0.4, -0.2) is 16.0 Å². The molecule has 1 aromatic heterocycles. The quantitative estimate of drug-likeness (QED) is 0.665. The zero-order valence-corrected chi connectivity index (χ0v) is 9.00. The lowest BCUT2D eigenvalue weighted by atomic mass is 9.94. The smallest absolute Gasteiger partial charge is 0.189 e. The van der Waals surface area contributed by atoms with Crippen molar-refractivity contribution in [3.8, 4) is 0 Å². The molecule has 80 valence electrons. The molecule has 0 unspecified atom stereocenters. The highest BCUT2D eigenvalue weighted by molar-refractivity contribution is 7.10. The molecule has 1 heterocycles. The maximum absolute atomic E-state index is 9.72. The van der Waals surface area contributed by atoms with E-state index >= 15 is 0 Å². The number of hydrogen-bond acceptors (Lipinski definition) is 4. The van der Waals surface area contributed by atoms with Crippen LogP contribution in [-0.2, 0) is 6.42 Å². The van der Waals surface area contributed by atoms with E-state index in [9.17, 15) is 10.2 Å². The molecule has 0 aliphatic heterocycles. The molecule has 0 amide bonds. The van der Waals surface area contributed by atoms with Crippen molar-refractivity contribution < 1.29 is 10.2 Å². The van der Waals surface area contributed by atoms with E-state index < -0.39 is 5.79 Å². The minimum absolute atomic E-state index is 0.240. The molecule has 0 spiro atoms. The maximum Gasteiger partial charge on any atom is 0.189 e. The summed E-state index contributed by atoms with van der Waals surface area (Å²) in [4.78, 5) is 0.976. The van der Waals surface area contributed by atoms with Crippen LogP contribution in [0.5, 0.6) is 0 Å². The van der Waals surface area contributed by atoms with Gasteiger partial charge in [-0.2, -0.15) is 0 Å². The van der Waals surface area contributed by atoms with E-state index in [2.05, 4.69) is 0 Å². The molecule has 2 rings (SSSR count). The summed E-state index contributed by atoms with van der Waals surface area (Å²) >= 11 is 1.53. The number of thiophene rings is 1. The highest BCUT2D eigenvalue weighted by Gasteiger charge is 2.29. The zero-order valence-electron chi connectivity index (χ0n) is 8.18. The summed E-state index contributed by atoms with van der Waals surface area (Å²) in [5.74, 6) is -1.72. The maximum atomic E-state index is 9.72. The molecule has 1 aromatic rings. The van der Waals surface area contributed by atoms with Crippen LogP contribution in [0.1, 0.15) is 11.3 Å². The van der Waals surface area contributed by atoms with E-state index in [1.165, 1.54) is 11.3 Å². The minimum Gasteiger partial charge on any atom is -0.398 e. The lowest BCUT2D eigenvalue weighted by Crippen LogP contribution is -2.32. The zero-order chi connectivity index (χ0) is 10.9. The Morgan fingerprint density at radius 3 is 2.87 bits per heavy atom. The van der Waals surface area contributed by atoms with E-state index in [-0.39, 0.29) is 6.42 Å². The lowest BCUT2D eigenvalue weighted by Gasteiger charge is -2.25. The van der Waals surface area contributed by atoms with Gasteiger partial charge in [0.05, 0.1) is 0 Å². The number of anilines is 1. The van der Waals surface area contributed by atoms with E-state index in [0.717, 1.165) is 4.88 Å². The van der Waals surface area contributed by atoms with Gasteiger partial charge in [0.15, 0.2) is 5.79 Å². The summed E-state index contributed by atoms with van der Waals surface area (Å²) in [7, 11) is 0. The summed E-state index contributed by atoms with van der Waals surface area (Å²) in [6.07, 6.45) is 6.05. The number of nitrogens with two attached hydrogens (primary N) is 1. The number of allylic oxidation sites excluding steroid dienone is 2. The molecule has 0 atom stereocenters. The van der Waals surface area contributed by atoms with Crippen LogP contribution in [0.2, 0.25) is 0 Å². The molecule has 3 nitrogen and oxygen atoms in total. The Bertz CT molecular complexity index is 418. The standard InChI is InChI=1S/C11H13NO2S/c12-9-4-6-15-10(9)7-8-3-1-2-5-11(8,13)14/h1-4,6,13-14H,5,7,12H2. The monoisotopic (exact) mass is 223 g/mol. The largest absolute Gasteiger partial charge is 0.398 e. The van der Waals surface area contributed by atoms with Gasteiger partial charge >= 0.3 is 0 Å². The van der Waals surface area contributed by atoms with Crippen LogP contribution >= 0.6 is 11.3 Å². The topological polar surface area (TPSA) is 66.5 Å². The highest BCUT2D eigenvalue weighted by Crippen LogP contribution is 2.30. The molecule has 4 N–H and O–H groups in total. The molecule has 0 saturated heterocycles. The second-order valence-corrected chi connectivity index (χ2v) is 4.62. The van der Waals surface area contributed by atoms with Crippen LogP contribution in [0.15, 0.2) is 35.2 Å². The summed E-state index contributed by atoms with van der Waals surface area (Å²) in [6.45, 7) is 0. The fourth-order valence-electron chi connectivity index (χ4n) is 1.55. The molecule has 0 aromatic carbocycles. The average molecular weight is 223 g/mol. The van der Waals surface area contributed by atoms with E-state index in [1.807, 2.05) is 17.5 Å². The van der Waals surface area contributed by atoms with E-state index in [0.29, 0.717) is 17.7 Å². The van der Waals surface area contributed by atoms with Gasteiger partial charge in [-0.05, 0) is 17.0 Å². The van der Waals surface area contributed by atoms with Crippen molar-refractivity contribution in [1.82, 2.24) is 0 Å². The van der Waals surface area contributed by atoms with Gasteiger partial charge in [0.25, 0.3) is 0 Å². The van der Waals surface area contributed by atoms with Crippen LogP contribution in [0.4, 0.5) is 5.69 Å². The summed E-state index contributed by atoms with van der Waals surface area (Å²) < 4.78 is 0. The first-order valence-electron chi connectivity index (χ1n) is 4.72. The summed E-state index contributed by atoms with van der Waals surface area (Å²) in [6, 6.07) is 1.83. The van der Waals surface area contributed by atoms with Crippen molar-refractivity contribution >= 4 is 17.0 Å². The second-order valence-electron chi connectivity index (χ2n) is 3.62. The fourth-order valence-corrected chi connectivity index (χ4v) is 2.37. The molecule has 1 aliphatic rings. The van der Waals surface area contributed by atoms with Gasteiger partial charge in [-0.3, -0.25) is 0 Å². The van der Waals surface area contributed by atoms with Crippen molar-refractivity contribution in [3.63, 3.8) is 0 Å². The van der Waals surface area contributed by atoms with Crippen LogP contribution in [0.25, 0.3) is 0 Å². The van der Waals surface area contributed by atoms with Crippen molar-refractivity contribution in [2.24, 2.45) is 0 Å². The highest BCUT2D eigenvalue weighted by atomic mass is 32.1. The first-order chi connectivity index (χ1) is 7.09. The van der Waals surface area contributed by atoms with Crippen LogP contribution in [0.3, 0.4) is 0 Å². The molecule has 0 radical (unpaired) electrons. The van der Waals surface area contributed by atoms with E-state index in [1.54, 1.807) is 12.2 Å². The molecular formula is C11H13NO2S. The molecule has 1 aliphatic carbocycles. The van der Waals surface area contributed by atoms with Gasteiger partial charge in [0.2, 0.25) is 0 Å². The third kappa shape index (κ3) is 2.12. The minimum atomic E-state index is -1.72. The Morgan fingerprint density at radius 2 is 2.27 bits per heavy atom. The molecule has 0 bridgehead atoms. The number of hydrogen-bond donors (Lipinski definition) is 3. The molecule has 4 heteroatoms. The number of aliphatic hydroxyl groups is 2. The first-order valence-corrected chi connectivity index (χ1v) is 5.60. The Labute approximate surface area is 92.2 Å². The normalized spacial score (nSPS) is 18.9. The van der Waals surface area contributed by atoms with Gasteiger partial charge in [-0.15, -0.1) is 11.3 Å². The number of rotatable bonds is 2. The number of nitrogen functional groups attached to an aromatic ring is 1. The summed E-state index contributed by atoms with van der Waals surface area (Å²) in [5, 5.41) is 21.4. The average Bonchev–Trinajstić information content (AvgIpc) is 2.56. The van der Waals surface area contributed by atoms with Crippen molar-refractivity contribution in [2.75, 3.05) is 5.73 Å². The van der Waals surface area contributed by atoms with Crippen molar-refractivity contribution in [1.29, 1.82) is 0 Å². The predicted octanol–water partition coefficient (Wildman–Crippen LogP) is 1.44. The van der Waals surface area contributed by atoms with Gasteiger partial charge in [-0.25, -0.2) is 0 Å². The van der Waals surface area contributed by atoms with Crippen molar-refractivity contribution in [3.05, 3.63) is 40.1 Å². The Hall–Kier alpha value is -1.10. The Balaban J connectivity index is 2.22. The first kappa shape index (κ1) is 10.4. The Morgan fingerprint density at radius 1 is 1.47 bits per heavy atom. The van der Waals surface area contributed by atoms with Gasteiger partial charge in [0.1, 0.15) is 0 Å². The van der Waals surface area contributed by atoms with E-state index in [4.69, 9.17) is 5.73 Å². The SMILES string of the molecule is Nc1ccsc1CC1=CC=CCC1(O)O. The third-order valence-electron chi connectivity index (χ3n) is 2.48. The predicted molar refractivity (Wildman–Crippen MR) is 61.4 cm³/mol. The molecule has 15 heavy (non-hydrogen) atoms. The third-order valence-corrected chi connectivity index (χ3v) is 3.42. The van der Waals surface area contributed by atoms with Crippen LogP contribution < -0.4 is 5.73 Å². The molecule has 0 saturated carbocycles. The van der Waals surface area contributed by atoms with Crippen LogP contribution in [0, 0.1) is 0 Å². The second kappa shape index (κ2) is 3.81. The lowest BCUT2D eigenvalue weighted by molar-refractivity contribution is -0.126. The van der Waals surface area contributed by atoms with Gasteiger partial charge in [0, 0.05) is 23.4 Å². The van der Waals surface area contributed by atoms with Crippen molar-refractivity contribution in [2.45, 2.75) is 18.6 Å². The van der Waals surface area contributed by atoms with Gasteiger partial charge < -0.3 is 15.9 Å². The molecule has 0 fully saturated rings. The fraction of sp³-hybridized carbons (Fsp3) is 0.273. The summed E-state index contributed by atoms with van der Waals surface area (Å²) in [5.41, 5.74) is 7.06. The van der Waals surface area contributed by atoms with Gasteiger partial charge in [-0.1, -0.05) is 18.2 Å². The molecular weight excluding hydrogens is 210 g/mol. The Kier molecular flexibility index (Phi) is 2.65.